The molecule has 0 amide bonds. The fourth-order valence-corrected chi connectivity index (χ4v) is 4.65. The second-order valence-corrected chi connectivity index (χ2v) is 7.73. The van der Waals surface area contributed by atoms with Gasteiger partial charge in [0.2, 0.25) is 10.0 Å². The number of sulfonamides is 1. The van der Waals surface area contributed by atoms with Gasteiger partial charge < -0.3 is 10.1 Å². The monoisotopic (exact) mass is 380 g/mol. The maximum absolute atomic E-state index is 13.1. The molecule has 1 aliphatic heterocycles. The summed E-state index contributed by atoms with van der Waals surface area (Å²) < 4.78 is 45.7. The summed E-state index contributed by atoms with van der Waals surface area (Å²) in [7, 11) is -2.12. The summed E-state index contributed by atoms with van der Waals surface area (Å²) in [4.78, 5) is 0.0227. The van der Waals surface area contributed by atoms with Gasteiger partial charge in [-0.3, -0.25) is 0 Å². The van der Waals surface area contributed by atoms with Crippen molar-refractivity contribution in [3.63, 3.8) is 0 Å². The molecule has 1 aliphatic rings. The van der Waals surface area contributed by atoms with Crippen molar-refractivity contribution in [3.05, 3.63) is 28.5 Å². The van der Waals surface area contributed by atoms with Crippen molar-refractivity contribution in [3.8, 4) is 0 Å². The van der Waals surface area contributed by atoms with Gasteiger partial charge in [0, 0.05) is 18.1 Å². The van der Waals surface area contributed by atoms with Gasteiger partial charge in [0.1, 0.15) is 5.82 Å². The molecule has 0 bridgehead atoms. The summed E-state index contributed by atoms with van der Waals surface area (Å²) in [6.45, 7) is 1.50. The molecule has 1 aromatic carbocycles. The Kier molecular flexibility index (Phi) is 5.37. The second-order valence-electron chi connectivity index (χ2n) is 5.14. The lowest BCUT2D eigenvalue weighted by atomic mass is 9.99. The number of ether oxygens (including phenoxy) is 1. The lowest BCUT2D eigenvalue weighted by Gasteiger charge is -2.28. The Balaban J connectivity index is 2.14. The number of methoxy groups -OCH3 is 1. The first-order valence-electron chi connectivity index (χ1n) is 6.57. The molecule has 1 atom stereocenters. The zero-order valence-corrected chi connectivity index (χ0v) is 14.1. The first kappa shape index (κ1) is 16.8. The van der Waals surface area contributed by atoms with E-state index < -0.39 is 15.8 Å². The first-order chi connectivity index (χ1) is 9.88. The number of hydrogen-bond acceptors (Lipinski definition) is 4. The third kappa shape index (κ3) is 4.01. The van der Waals surface area contributed by atoms with E-state index in [1.165, 1.54) is 6.07 Å². The van der Waals surface area contributed by atoms with Crippen molar-refractivity contribution >= 4 is 26.0 Å². The minimum absolute atomic E-state index is 0.0227. The Hall–Kier alpha value is -0.540. The van der Waals surface area contributed by atoms with Gasteiger partial charge in [-0.05, 0) is 53.5 Å². The van der Waals surface area contributed by atoms with Crippen LogP contribution in [0.2, 0.25) is 0 Å². The van der Waals surface area contributed by atoms with Gasteiger partial charge in [-0.15, -0.1) is 0 Å². The zero-order valence-electron chi connectivity index (χ0n) is 11.7. The van der Waals surface area contributed by atoms with E-state index >= 15 is 0 Å². The molecule has 1 fully saturated rings. The Morgan fingerprint density at radius 3 is 2.86 bits per heavy atom. The van der Waals surface area contributed by atoms with E-state index in [9.17, 15) is 12.8 Å². The van der Waals surface area contributed by atoms with E-state index in [1.54, 1.807) is 7.11 Å². The van der Waals surface area contributed by atoms with Crippen LogP contribution in [0.4, 0.5) is 4.39 Å². The van der Waals surface area contributed by atoms with Gasteiger partial charge in [0.05, 0.1) is 17.0 Å². The molecule has 8 heteroatoms. The quantitative estimate of drug-likeness (QED) is 0.786. The fourth-order valence-electron chi connectivity index (χ4n) is 2.47. The van der Waals surface area contributed by atoms with Crippen LogP contribution in [0.3, 0.4) is 0 Å². The van der Waals surface area contributed by atoms with Crippen molar-refractivity contribution in [1.29, 1.82) is 0 Å². The smallest absolute Gasteiger partial charge is 0.241 e. The van der Waals surface area contributed by atoms with Gasteiger partial charge in [-0.25, -0.2) is 17.5 Å². The van der Waals surface area contributed by atoms with Gasteiger partial charge >= 0.3 is 0 Å². The normalized spacial score (nSPS) is 22.6. The summed E-state index contributed by atoms with van der Waals surface area (Å²) in [5.41, 5.74) is -0.381. The summed E-state index contributed by atoms with van der Waals surface area (Å²) in [6, 6.07) is 3.50. The molecule has 21 heavy (non-hydrogen) atoms. The fraction of sp³-hybridized carbons (Fsp3) is 0.538. The average molecular weight is 381 g/mol. The highest BCUT2D eigenvalue weighted by Gasteiger charge is 2.35. The number of nitrogens with one attached hydrogen (secondary N) is 2. The maximum atomic E-state index is 13.1. The molecule has 1 saturated heterocycles. The SMILES string of the molecule is COCC1(CNS(=O)(=O)c2ccc(F)cc2Br)CCCN1. The van der Waals surface area contributed by atoms with Crippen LogP contribution in [0.5, 0.6) is 0 Å². The molecule has 2 rings (SSSR count). The van der Waals surface area contributed by atoms with Gasteiger partial charge in [0.25, 0.3) is 0 Å². The van der Waals surface area contributed by atoms with Crippen LogP contribution >= 0.6 is 15.9 Å². The maximum Gasteiger partial charge on any atom is 0.241 e. The van der Waals surface area contributed by atoms with E-state index in [1.807, 2.05) is 0 Å². The predicted molar refractivity (Wildman–Crippen MR) is 81.1 cm³/mol. The molecule has 0 aromatic heterocycles. The molecule has 1 aromatic rings. The standard InChI is InChI=1S/C13H18BrFN2O3S/c1-20-9-13(5-2-6-16-13)8-17-21(18,19)12-4-3-10(15)7-11(12)14/h3-4,7,16-17H,2,5-6,8-9H2,1H3. The van der Waals surface area contributed by atoms with Gasteiger partial charge in [0.15, 0.2) is 0 Å². The Morgan fingerprint density at radius 2 is 2.29 bits per heavy atom. The molecule has 0 saturated carbocycles. The zero-order chi connectivity index (χ0) is 15.5. The molecule has 5 nitrogen and oxygen atoms in total. The van der Waals surface area contributed by atoms with E-state index in [2.05, 4.69) is 26.0 Å². The highest BCUT2D eigenvalue weighted by atomic mass is 79.9. The van der Waals surface area contributed by atoms with Crippen LogP contribution in [0.15, 0.2) is 27.6 Å². The van der Waals surface area contributed by atoms with E-state index in [4.69, 9.17) is 4.74 Å². The van der Waals surface area contributed by atoms with Crippen LogP contribution in [0.1, 0.15) is 12.8 Å². The molecule has 118 valence electrons. The Labute approximate surface area is 132 Å². The van der Waals surface area contributed by atoms with E-state index in [-0.39, 0.29) is 21.5 Å². The number of rotatable bonds is 6. The van der Waals surface area contributed by atoms with Crippen LogP contribution in [0, 0.1) is 5.82 Å². The van der Waals surface area contributed by atoms with Gasteiger partial charge in [-0.2, -0.15) is 0 Å². The summed E-state index contributed by atoms with van der Waals surface area (Å²) >= 11 is 3.08. The lowest BCUT2D eigenvalue weighted by molar-refractivity contribution is 0.122. The van der Waals surface area contributed by atoms with Crippen molar-refractivity contribution in [1.82, 2.24) is 10.0 Å². The highest BCUT2D eigenvalue weighted by molar-refractivity contribution is 9.10. The molecule has 2 N–H and O–H groups in total. The van der Waals surface area contributed by atoms with Crippen LogP contribution < -0.4 is 10.0 Å². The summed E-state index contributed by atoms with van der Waals surface area (Å²) in [6.07, 6.45) is 1.82. The molecule has 0 aliphatic carbocycles. The minimum Gasteiger partial charge on any atom is -0.383 e. The van der Waals surface area contributed by atoms with Crippen LogP contribution in [-0.4, -0.2) is 40.8 Å². The Morgan fingerprint density at radius 1 is 1.52 bits per heavy atom. The Bertz CT molecular complexity index is 603. The van der Waals surface area contributed by atoms with Crippen molar-refractivity contribution < 1.29 is 17.5 Å². The molecular weight excluding hydrogens is 363 g/mol. The van der Waals surface area contributed by atoms with Crippen molar-refractivity contribution in [2.24, 2.45) is 0 Å². The number of halogens is 2. The third-order valence-corrected chi connectivity index (χ3v) is 5.91. The minimum atomic E-state index is -3.71. The van der Waals surface area contributed by atoms with Crippen LogP contribution in [0.25, 0.3) is 0 Å². The average Bonchev–Trinajstić information content (AvgIpc) is 2.86. The summed E-state index contributed by atoms with van der Waals surface area (Å²) in [5, 5.41) is 3.30. The van der Waals surface area contributed by atoms with E-state index in [0.29, 0.717) is 6.61 Å². The predicted octanol–water partition coefficient (Wildman–Crippen LogP) is 1.64. The first-order valence-corrected chi connectivity index (χ1v) is 8.85. The van der Waals surface area contributed by atoms with E-state index in [0.717, 1.165) is 31.5 Å². The highest BCUT2D eigenvalue weighted by Crippen LogP contribution is 2.24. The molecule has 1 unspecified atom stereocenters. The molecule has 1 heterocycles. The summed E-state index contributed by atoms with van der Waals surface area (Å²) in [5.74, 6) is -0.492. The lowest BCUT2D eigenvalue weighted by Crippen LogP contribution is -2.52. The molecule has 0 spiro atoms. The molecular formula is C13H18BrFN2O3S. The molecule has 0 radical (unpaired) electrons. The third-order valence-electron chi connectivity index (χ3n) is 3.54. The van der Waals surface area contributed by atoms with Crippen molar-refractivity contribution in [2.45, 2.75) is 23.3 Å². The number of hydrogen-bond donors (Lipinski definition) is 2. The van der Waals surface area contributed by atoms with Gasteiger partial charge in [-0.1, -0.05) is 0 Å². The second kappa shape index (κ2) is 6.70. The number of benzene rings is 1. The van der Waals surface area contributed by atoms with Crippen molar-refractivity contribution in [2.75, 3.05) is 26.8 Å². The largest absolute Gasteiger partial charge is 0.383 e. The topological polar surface area (TPSA) is 67.4 Å². The van der Waals surface area contributed by atoms with Crippen LogP contribution in [-0.2, 0) is 14.8 Å².